The van der Waals surface area contributed by atoms with Gasteiger partial charge in [-0.1, -0.05) is 30.3 Å². The van der Waals surface area contributed by atoms with Crippen LogP contribution in [0.3, 0.4) is 0 Å². The first-order valence-electron chi connectivity index (χ1n) is 8.23. The van der Waals surface area contributed by atoms with E-state index in [1.165, 1.54) is 0 Å². The van der Waals surface area contributed by atoms with Crippen molar-refractivity contribution < 1.29 is 9.53 Å². The molecule has 1 heterocycles. The predicted octanol–water partition coefficient (Wildman–Crippen LogP) is 3.85. The van der Waals surface area contributed by atoms with E-state index in [9.17, 15) is 4.79 Å². The standard InChI is InChI=1S/C21H22N2O2/c1-14-5-10-18-17(11-12-19(25-4)21(18)22-14)16-8-6-15(7-9-16)13-20(24)23(2)3/h5-12H,13H2,1-4H3. The van der Waals surface area contributed by atoms with E-state index in [4.69, 9.17) is 4.74 Å². The molecule has 0 spiro atoms. The fraction of sp³-hybridized carbons (Fsp3) is 0.238. The summed E-state index contributed by atoms with van der Waals surface area (Å²) >= 11 is 0. The maximum atomic E-state index is 11.8. The number of nitrogens with zero attached hydrogens (tertiary/aromatic N) is 2. The van der Waals surface area contributed by atoms with Crippen LogP contribution in [0.5, 0.6) is 5.75 Å². The number of benzene rings is 2. The zero-order valence-electron chi connectivity index (χ0n) is 15.0. The van der Waals surface area contributed by atoms with E-state index in [1.54, 1.807) is 26.1 Å². The molecule has 0 unspecified atom stereocenters. The molecule has 0 saturated heterocycles. The number of aromatic nitrogens is 1. The largest absolute Gasteiger partial charge is 0.494 e. The van der Waals surface area contributed by atoms with Crippen molar-refractivity contribution in [3.05, 3.63) is 59.8 Å². The van der Waals surface area contributed by atoms with Gasteiger partial charge in [-0.25, -0.2) is 4.98 Å². The second-order valence-corrected chi connectivity index (χ2v) is 6.33. The summed E-state index contributed by atoms with van der Waals surface area (Å²) in [6.07, 6.45) is 0.414. The van der Waals surface area contributed by atoms with Gasteiger partial charge in [-0.3, -0.25) is 4.79 Å². The number of rotatable bonds is 4. The summed E-state index contributed by atoms with van der Waals surface area (Å²) in [5, 5.41) is 1.06. The van der Waals surface area contributed by atoms with Crippen molar-refractivity contribution in [3.8, 4) is 16.9 Å². The highest BCUT2D eigenvalue weighted by Crippen LogP contribution is 2.33. The van der Waals surface area contributed by atoms with E-state index in [2.05, 4.69) is 29.2 Å². The lowest BCUT2D eigenvalue weighted by Gasteiger charge is -2.12. The summed E-state index contributed by atoms with van der Waals surface area (Å²) < 4.78 is 5.45. The van der Waals surface area contributed by atoms with Crippen LogP contribution in [0.25, 0.3) is 22.0 Å². The van der Waals surface area contributed by atoms with E-state index in [0.29, 0.717) is 6.42 Å². The first-order valence-corrected chi connectivity index (χ1v) is 8.23. The SMILES string of the molecule is COc1ccc(-c2ccc(CC(=O)N(C)C)cc2)c2ccc(C)nc12. The van der Waals surface area contributed by atoms with Crippen LogP contribution in [-0.2, 0) is 11.2 Å². The number of carbonyl (C=O) groups excluding carboxylic acids is 1. The van der Waals surface area contributed by atoms with Gasteiger partial charge in [-0.15, -0.1) is 0 Å². The second-order valence-electron chi connectivity index (χ2n) is 6.33. The predicted molar refractivity (Wildman–Crippen MR) is 101 cm³/mol. The lowest BCUT2D eigenvalue weighted by atomic mass is 9.98. The van der Waals surface area contributed by atoms with Crippen LogP contribution in [-0.4, -0.2) is 37.0 Å². The van der Waals surface area contributed by atoms with E-state index >= 15 is 0 Å². The number of aryl methyl sites for hydroxylation is 1. The van der Waals surface area contributed by atoms with E-state index in [1.807, 2.05) is 31.2 Å². The fourth-order valence-corrected chi connectivity index (χ4v) is 2.84. The smallest absolute Gasteiger partial charge is 0.226 e. The Morgan fingerprint density at radius 1 is 1.04 bits per heavy atom. The molecule has 3 rings (SSSR count). The van der Waals surface area contributed by atoms with Crippen LogP contribution >= 0.6 is 0 Å². The minimum atomic E-state index is 0.0994. The molecule has 0 aliphatic heterocycles. The summed E-state index contributed by atoms with van der Waals surface area (Å²) in [4.78, 5) is 18.1. The summed E-state index contributed by atoms with van der Waals surface area (Å²) in [6.45, 7) is 1.97. The highest BCUT2D eigenvalue weighted by Gasteiger charge is 2.11. The van der Waals surface area contributed by atoms with Crippen LogP contribution in [0.1, 0.15) is 11.3 Å². The number of carbonyl (C=O) groups is 1. The summed E-state index contributed by atoms with van der Waals surface area (Å²) in [6, 6.07) is 16.2. The van der Waals surface area contributed by atoms with Gasteiger partial charge in [0.05, 0.1) is 13.5 Å². The molecule has 0 fully saturated rings. The average Bonchev–Trinajstić information content (AvgIpc) is 2.61. The Morgan fingerprint density at radius 3 is 2.40 bits per heavy atom. The van der Waals surface area contributed by atoms with E-state index < -0.39 is 0 Å². The van der Waals surface area contributed by atoms with Gasteiger partial charge in [-0.05, 0) is 41.8 Å². The molecule has 128 valence electrons. The minimum absolute atomic E-state index is 0.0994. The van der Waals surface area contributed by atoms with Gasteiger partial charge in [0.15, 0.2) is 0 Å². The number of hydrogen-bond acceptors (Lipinski definition) is 3. The highest BCUT2D eigenvalue weighted by atomic mass is 16.5. The highest BCUT2D eigenvalue weighted by molar-refractivity contribution is 5.98. The van der Waals surface area contributed by atoms with Gasteiger partial charge in [0.2, 0.25) is 5.91 Å². The maximum Gasteiger partial charge on any atom is 0.226 e. The zero-order chi connectivity index (χ0) is 18.0. The Kier molecular flexibility index (Phi) is 4.70. The first kappa shape index (κ1) is 17.0. The number of ether oxygens (including phenoxy) is 1. The molecule has 0 atom stereocenters. The average molecular weight is 334 g/mol. The monoisotopic (exact) mass is 334 g/mol. The third-order valence-corrected chi connectivity index (χ3v) is 4.30. The molecule has 4 heteroatoms. The van der Waals surface area contributed by atoms with Gasteiger partial charge in [0, 0.05) is 25.2 Å². The summed E-state index contributed by atoms with van der Waals surface area (Å²) in [7, 11) is 5.21. The van der Waals surface area contributed by atoms with Crippen molar-refractivity contribution in [1.82, 2.24) is 9.88 Å². The lowest BCUT2D eigenvalue weighted by molar-refractivity contribution is -0.127. The number of methoxy groups -OCH3 is 1. The molecule has 0 bridgehead atoms. The number of fused-ring (bicyclic) bond motifs is 1. The Hall–Kier alpha value is -2.88. The number of hydrogen-bond donors (Lipinski definition) is 0. The van der Waals surface area contributed by atoms with E-state index in [0.717, 1.165) is 39.0 Å². The Bertz CT molecular complexity index is 915. The van der Waals surface area contributed by atoms with Crippen molar-refractivity contribution in [1.29, 1.82) is 0 Å². The first-order chi connectivity index (χ1) is 12.0. The Morgan fingerprint density at radius 2 is 1.76 bits per heavy atom. The van der Waals surface area contributed by atoms with Crippen LogP contribution < -0.4 is 4.74 Å². The number of amides is 1. The van der Waals surface area contributed by atoms with E-state index in [-0.39, 0.29) is 5.91 Å². The van der Waals surface area contributed by atoms with Crippen molar-refractivity contribution in [3.63, 3.8) is 0 Å². The van der Waals surface area contributed by atoms with Gasteiger partial charge in [0.25, 0.3) is 0 Å². The third-order valence-electron chi connectivity index (χ3n) is 4.30. The van der Waals surface area contributed by atoms with Crippen molar-refractivity contribution >= 4 is 16.8 Å². The molecule has 2 aromatic carbocycles. The molecule has 1 aromatic heterocycles. The molecule has 3 aromatic rings. The number of likely N-dealkylation sites (N-methyl/N-ethyl adjacent to an activating group) is 1. The molecule has 0 saturated carbocycles. The molecule has 0 radical (unpaired) electrons. The maximum absolute atomic E-state index is 11.8. The topological polar surface area (TPSA) is 42.4 Å². The second kappa shape index (κ2) is 6.93. The van der Waals surface area contributed by atoms with Crippen molar-refractivity contribution in [2.45, 2.75) is 13.3 Å². The summed E-state index contributed by atoms with van der Waals surface area (Å²) in [5.41, 5.74) is 5.04. The normalized spacial score (nSPS) is 10.7. The Labute approximate surface area is 148 Å². The van der Waals surface area contributed by atoms with Gasteiger partial charge >= 0.3 is 0 Å². The van der Waals surface area contributed by atoms with Gasteiger partial charge in [0.1, 0.15) is 11.3 Å². The quantitative estimate of drug-likeness (QED) is 0.728. The third kappa shape index (κ3) is 3.48. The molecular formula is C21H22N2O2. The van der Waals surface area contributed by atoms with Crippen LogP contribution in [0, 0.1) is 6.92 Å². The van der Waals surface area contributed by atoms with Gasteiger partial charge < -0.3 is 9.64 Å². The zero-order valence-corrected chi connectivity index (χ0v) is 15.0. The fourth-order valence-electron chi connectivity index (χ4n) is 2.84. The number of pyridine rings is 1. The van der Waals surface area contributed by atoms with Crippen LogP contribution in [0.4, 0.5) is 0 Å². The van der Waals surface area contributed by atoms with Gasteiger partial charge in [-0.2, -0.15) is 0 Å². The Balaban J connectivity index is 2.01. The molecule has 0 N–H and O–H groups in total. The van der Waals surface area contributed by atoms with Crippen molar-refractivity contribution in [2.75, 3.05) is 21.2 Å². The molecule has 4 nitrogen and oxygen atoms in total. The lowest BCUT2D eigenvalue weighted by Crippen LogP contribution is -2.23. The molecular weight excluding hydrogens is 312 g/mol. The molecule has 0 aliphatic rings. The van der Waals surface area contributed by atoms with Crippen LogP contribution in [0.2, 0.25) is 0 Å². The van der Waals surface area contributed by atoms with Crippen LogP contribution in [0.15, 0.2) is 48.5 Å². The van der Waals surface area contributed by atoms with Crippen molar-refractivity contribution in [2.24, 2.45) is 0 Å². The molecule has 25 heavy (non-hydrogen) atoms. The molecule has 1 amide bonds. The summed E-state index contributed by atoms with van der Waals surface area (Å²) in [5.74, 6) is 0.873. The minimum Gasteiger partial charge on any atom is -0.494 e. The molecule has 0 aliphatic carbocycles.